The number of rotatable bonds is 7. The molecule has 0 unspecified atom stereocenters. The van der Waals surface area contributed by atoms with Crippen LogP contribution in [0.2, 0.25) is 0 Å². The fourth-order valence-corrected chi connectivity index (χ4v) is 3.63. The number of aliphatic carboxylic acids is 1. The van der Waals surface area contributed by atoms with Crippen LogP contribution in [0, 0.1) is 5.82 Å². The number of hydrogen-bond acceptors (Lipinski definition) is 7. The first-order valence-corrected chi connectivity index (χ1v) is 10.4. The number of aromatic nitrogens is 2. The maximum absolute atomic E-state index is 14.7. The Hall–Kier alpha value is -3.79. The zero-order chi connectivity index (χ0) is 22.9. The number of ether oxygens (including phenoxy) is 1. The third kappa shape index (κ3) is 4.17. The summed E-state index contributed by atoms with van der Waals surface area (Å²) in [5.74, 6) is -2.00. The fraction of sp³-hybridized carbons (Fsp3) is 0.182. The van der Waals surface area contributed by atoms with Gasteiger partial charge >= 0.3 is 5.97 Å². The third-order valence-corrected chi connectivity index (χ3v) is 5.55. The van der Waals surface area contributed by atoms with Crippen molar-refractivity contribution in [2.24, 2.45) is 0 Å². The monoisotopic (exact) mass is 455 g/mol. The number of carboxylic acid groups (broad SMARTS) is 1. The van der Waals surface area contributed by atoms with Gasteiger partial charge in [-0.05, 0) is 31.4 Å². The van der Waals surface area contributed by atoms with Crippen molar-refractivity contribution in [3.8, 4) is 16.5 Å². The molecular formula is C22H18FN3O5S. The maximum atomic E-state index is 14.7. The van der Waals surface area contributed by atoms with Gasteiger partial charge in [-0.1, -0.05) is 35.5 Å². The second-order valence-electron chi connectivity index (χ2n) is 7.45. The van der Waals surface area contributed by atoms with E-state index < -0.39 is 23.2 Å². The molecule has 2 N–H and O–H groups in total. The Balaban J connectivity index is 1.69. The SMILES string of the molecule is CC(C)(NC(=O)c1cc(F)c2ccccc2c1OCc1noc(-c2cccs2)n1)C(=O)O. The highest BCUT2D eigenvalue weighted by Crippen LogP contribution is 2.33. The van der Waals surface area contributed by atoms with E-state index in [9.17, 15) is 19.1 Å². The highest BCUT2D eigenvalue weighted by molar-refractivity contribution is 7.13. The van der Waals surface area contributed by atoms with Crippen LogP contribution < -0.4 is 10.1 Å². The average Bonchev–Trinajstić information content (AvgIpc) is 3.44. The van der Waals surface area contributed by atoms with Gasteiger partial charge in [0.25, 0.3) is 11.8 Å². The number of benzene rings is 2. The highest BCUT2D eigenvalue weighted by atomic mass is 32.1. The molecule has 0 bridgehead atoms. The van der Waals surface area contributed by atoms with E-state index in [1.807, 2.05) is 17.5 Å². The van der Waals surface area contributed by atoms with Gasteiger partial charge < -0.3 is 19.7 Å². The Labute approximate surface area is 185 Å². The smallest absolute Gasteiger partial charge is 0.328 e. The molecule has 2 aromatic heterocycles. The molecule has 0 aliphatic rings. The number of amides is 1. The molecule has 164 valence electrons. The number of nitrogens with one attached hydrogen (secondary N) is 1. The number of hydrogen-bond donors (Lipinski definition) is 2. The van der Waals surface area contributed by atoms with Gasteiger partial charge in [0.05, 0.1) is 10.4 Å². The number of halogens is 1. The lowest BCUT2D eigenvalue weighted by Crippen LogP contribution is -2.49. The molecule has 0 saturated heterocycles. The molecule has 32 heavy (non-hydrogen) atoms. The largest absolute Gasteiger partial charge is 0.484 e. The van der Waals surface area contributed by atoms with Crippen molar-refractivity contribution < 1.29 is 28.3 Å². The van der Waals surface area contributed by atoms with Crippen LogP contribution in [0.4, 0.5) is 4.39 Å². The van der Waals surface area contributed by atoms with Crippen LogP contribution in [0.1, 0.15) is 30.0 Å². The molecule has 0 atom stereocenters. The summed E-state index contributed by atoms with van der Waals surface area (Å²) in [5.41, 5.74) is -1.71. The molecule has 2 heterocycles. The summed E-state index contributed by atoms with van der Waals surface area (Å²) in [4.78, 5) is 29.4. The van der Waals surface area contributed by atoms with Gasteiger partial charge in [0, 0.05) is 10.8 Å². The lowest BCUT2D eigenvalue weighted by molar-refractivity contribution is -0.143. The summed E-state index contributed by atoms with van der Waals surface area (Å²) in [7, 11) is 0. The molecule has 4 rings (SSSR count). The van der Waals surface area contributed by atoms with Crippen LogP contribution >= 0.6 is 11.3 Å². The molecule has 0 radical (unpaired) electrons. The standard InChI is InChI=1S/C22H18FN3O5S/c1-22(2,21(28)29)25-19(27)14-10-15(23)12-6-3-4-7-13(12)18(14)30-11-17-24-20(31-26-17)16-8-5-9-32-16/h3-10H,11H2,1-2H3,(H,25,27)(H,28,29). The minimum absolute atomic E-state index is 0.0863. The molecule has 10 heteroatoms. The van der Waals surface area contributed by atoms with Gasteiger partial charge in [-0.25, -0.2) is 9.18 Å². The van der Waals surface area contributed by atoms with Crippen LogP contribution in [-0.4, -0.2) is 32.7 Å². The average molecular weight is 455 g/mol. The van der Waals surface area contributed by atoms with Crippen LogP contribution in [0.3, 0.4) is 0 Å². The molecule has 1 amide bonds. The summed E-state index contributed by atoms with van der Waals surface area (Å²) in [5, 5.41) is 18.1. The normalized spacial score (nSPS) is 11.5. The molecule has 4 aromatic rings. The van der Waals surface area contributed by atoms with Crippen molar-refractivity contribution in [1.29, 1.82) is 0 Å². The summed E-state index contributed by atoms with van der Waals surface area (Å²) in [6.45, 7) is 2.51. The van der Waals surface area contributed by atoms with Crippen LogP contribution in [0.15, 0.2) is 52.4 Å². The van der Waals surface area contributed by atoms with Crippen molar-refractivity contribution in [3.63, 3.8) is 0 Å². The molecule has 8 nitrogen and oxygen atoms in total. The zero-order valence-corrected chi connectivity index (χ0v) is 17.9. The number of carbonyl (C=O) groups is 2. The van der Waals surface area contributed by atoms with Crippen molar-refractivity contribution in [1.82, 2.24) is 15.5 Å². The van der Waals surface area contributed by atoms with Crippen LogP contribution in [0.5, 0.6) is 5.75 Å². The van der Waals surface area contributed by atoms with E-state index in [1.54, 1.807) is 24.3 Å². The molecule has 0 saturated carbocycles. The van der Waals surface area contributed by atoms with Gasteiger partial charge in [-0.15, -0.1) is 11.3 Å². The Morgan fingerprint density at radius 3 is 2.66 bits per heavy atom. The maximum Gasteiger partial charge on any atom is 0.328 e. The Bertz CT molecular complexity index is 1300. The molecule has 0 aliphatic heterocycles. The van der Waals surface area contributed by atoms with E-state index in [2.05, 4.69) is 15.5 Å². The predicted molar refractivity (Wildman–Crippen MR) is 115 cm³/mol. The lowest BCUT2D eigenvalue weighted by Gasteiger charge is -2.22. The van der Waals surface area contributed by atoms with E-state index in [-0.39, 0.29) is 29.1 Å². The minimum atomic E-state index is -1.57. The van der Waals surface area contributed by atoms with E-state index >= 15 is 0 Å². The van der Waals surface area contributed by atoms with Crippen molar-refractivity contribution in [3.05, 3.63) is 65.0 Å². The molecular weight excluding hydrogens is 437 g/mol. The van der Waals surface area contributed by atoms with Gasteiger partial charge in [0.15, 0.2) is 6.61 Å². The van der Waals surface area contributed by atoms with E-state index in [4.69, 9.17) is 9.26 Å². The van der Waals surface area contributed by atoms with E-state index in [1.165, 1.54) is 25.2 Å². The topological polar surface area (TPSA) is 115 Å². The van der Waals surface area contributed by atoms with Crippen molar-refractivity contribution in [2.75, 3.05) is 0 Å². The van der Waals surface area contributed by atoms with Gasteiger partial charge in [0.1, 0.15) is 17.1 Å². The number of thiophene rings is 1. The number of fused-ring (bicyclic) bond motifs is 1. The van der Waals surface area contributed by atoms with E-state index in [0.29, 0.717) is 11.3 Å². The first-order valence-electron chi connectivity index (χ1n) is 9.52. The van der Waals surface area contributed by atoms with E-state index in [0.717, 1.165) is 10.9 Å². The molecule has 2 aromatic carbocycles. The highest BCUT2D eigenvalue weighted by Gasteiger charge is 2.31. The van der Waals surface area contributed by atoms with Crippen LogP contribution in [0.25, 0.3) is 21.5 Å². The fourth-order valence-electron chi connectivity index (χ4n) is 2.98. The minimum Gasteiger partial charge on any atom is -0.484 e. The Kier molecular flexibility index (Phi) is 5.62. The molecule has 0 aliphatic carbocycles. The number of carbonyl (C=O) groups excluding carboxylic acids is 1. The van der Waals surface area contributed by atoms with Gasteiger partial charge in [0.2, 0.25) is 5.82 Å². The lowest BCUT2D eigenvalue weighted by atomic mass is 10.0. The Morgan fingerprint density at radius 1 is 1.22 bits per heavy atom. The van der Waals surface area contributed by atoms with Crippen LogP contribution in [-0.2, 0) is 11.4 Å². The number of nitrogens with zero attached hydrogens (tertiary/aromatic N) is 2. The van der Waals surface area contributed by atoms with Crippen molar-refractivity contribution in [2.45, 2.75) is 26.0 Å². The second kappa shape index (κ2) is 8.39. The van der Waals surface area contributed by atoms with Gasteiger partial charge in [-0.3, -0.25) is 4.79 Å². The number of carboxylic acids is 1. The third-order valence-electron chi connectivity index (χ3n) is 4.70. The first-order chi connectivity index (χ1) is 15.3. The summed E-state index contributed by atoms with van der Waals surface area (Å²) in [6.07, 6.45) is 0. The summed E-state index contributed by atoms with van der Waals surface area (Å²) >= 11 is 1.44. The summed E-state index contributed by atoms with van der Waals surface area (Å²) in [6, 6.07) is 11.2. The Morgan fingerprint density at radius 2 is 1.97 bits per heavy atom. The van der Waals surface area contributed by atoms with Gasteiger partial charge in [-0.2, -0.15) is 4.98 Å². The second-order valence-corrected chi connectivity index (χ2v) is 8.39. The quantitative estimate of drug-likeness (QED) is 0.428. The molecule has 0 fully saturated rings. The van der Waals surface area contributed by atoms with Crippen molar-refractivity contribution >= 4 is 34.0 Å². The predicted octanol–water partition coefficient (Wildman–Crippen LogP) is 4.26. The summed E-state index contributed by atoms with van der Waals surface area (Å²) < 4.78 is 25.8. The first kappa shape index (κ1) is 21.4. The molecule has 0 spiro atoms. The zero-order valence-electron chi connectivity index (χ0n) is 17.1.